The number of carboxylic acid groups (broad SMARTS) is 1. The van der Waals surface area contributed by atoms with Crippen molar-refractivity contribution < 1.29 is 14.7 Å². The van der Waals surface area contributed by atoms with Crippen molar-refractivity contribution in [2.45, 2.75) is 25.8 Å². The second-order valence-corrected chi connectivity index (χ2v) is 2.84. The first-order valence-corrected chi connectivity index (χ1v) is 3.63. The van der Waals surface area contributed by atoms with Crippen LogP contribution in [0.5, 0.6) is 0 Å². The topological polar surface area (TPSA) is 66.4 Å². The number of hydrogen-bond donors (Lipinski definition) is 2. The molecule has 1 fully saturated rings. The Balaban J connectivity index is 2.49. The first-order chi connectivity index (χ1) is 5.11. The van der Waals surface area contributed by atoms with Gasteiger partial charge in [0.2, 0.25) is 5.91 Å². The molecule has 1 heterocycles. The average molecular weight is 157 g/mol. The molecule has 11 heavy (non-hydrogen) atoms. The van der Waals surface area contributed by atoms with Crippen LogP contribution in [0, 0.1) is 5.92 Å². The summed E-state index contributed by atoms with van der Waals surface area (Å²) in [6.45, 7) is 1.61. The molecule has 0 aromatic rings. The second-order valence-electron chi connectivity index (χ2n) is 2.84. The van der Waals surface area contributed by atoms with Crippen LogP contribution in [0.2, 0.25) is 0 Å². The van der Waals surface area contributed by atoms with Gasteiger partial charge in [-0.05, 0) is 13.3 Å². The van der Waals surface area contributed by atoms with E-state index in [9.17, 15) is 9.59 Å². The Labute approximate surface area is 64.6 Å². The van der Waals surface area contributed by atoms with Crippen LogP contribution < -0.4 is 5.32 Å². The maximum Gasteiger partial charge on any atom is 0.308 e. The van der Waals surface area contributed by atoms with Crippen molar-refractivity contribution in [3.8, 4) is 0 Å². The van der Waals surface area contributed by atoms with E-state index >= 15 is 0 Å². The molecule has 0 saturated carbocycles. The highest BCUT2D eigenvalue weighted by molar-refractivity contribution is 5.80. The number of aliphatic carboxylic acids is 1. The van der Waals surface area contributed by atoms with Crippen molar-refractivity contribution in [2.75, 3.05) is 0 Å². The van der Waals surface area contributed by atoms with Crippen LogP contribution in [-0.4, -0.2) is 23.0 Å². The molecular formula is C7H11NO3. The molecule has 4 nitrogen and oxygen atoms in total. The maximum absolute atomic E-state index is 10.7. The lowest BCUT2D eigenvalue weighted by Gasteiger charge is -2.13. The van der Waals surface area contributed by atoms with E-state index in [1.165, 1.54) is 0 Å². The molecule has 1 rings (SSSR count). The lowest BCUT2D eigenvalue weighted by atomic mass is 10.0. The third kappa shape index (κ3) is 1.69. The van der Waals surface area contributed by atoms with E-state index in [2.05, 4.69) is 5.32 Å². The van der Waals surface area contributed by atoms with E-state index in [1.54, 1.807) is 6.92 Å². The van der Waals surface area contributed by atoms with Crippen molar-refractivity contribution in [2.24, 2.45) is 5.92 Å². The van der Waals surface area contributed by atoms with Gasteiger partial charge in [-0.25, -0.2) is 0 Å². The highest BCUT2D eigenvalue weighted by atomic mass is 16.4. The minimum atomic E-state index is -0.850. The molecule has 1 amide bonds. The second kappa shape index (κ2) is 2.90. The van der Waals surface area contributed by atoms with Gasteiger partial charge in [-0.2, -0.15) is 0 Å². The van der Waals surface area contributed by atoms with E-state index < -0.39 is 11.9 Å². The van der Waals surface area contributed by atoms with Crippen molar-refractivity contribution >= 4 is 11.9 Å². The van der Waals surface area contributed by atoms with E-state index in [4.69, 9.17) is 5.11 Å². The van der Waals surface area contributed by atoms with E-state index in [0.29, 0.717) is 12.8 Å². The zero-order valence-electron chi connectivity index (χ0n) is 6.33. The molecule has 1 aliphatic rings. The first kappa shape index (κ1) is 8.04. The summed E-state index contributed by atoms with van der Waals surface area (Å²) in [4.78, 5) is 21.1. The SMILES string of the molecule is C[C@@H](C(=O)O)[C@@H]1CCC(=O)N1. The Morgan fingerprint density at radius 2 is 2.45 bits per heavy atom. The summed E-state index contributed by atoms with van der Waals surface area (Å²) in [6, 6.07) is -0.167. The summed E-state index contributed by atoms with van der Waals surface area (Å²) < 4.78 is 0. The van der Waals surface area contributed by atoms with Gasteiger partial charge in [0.25, 0.3) is 0 Å². The van der Waals surface area contributed by atoms with Crippen molar-refractivity contribution in [3.05, 3.63) is 0 Å². The quantitative estimate of drug-likeness (QED) is 0.592. The molecule has 62 valence electrons. The molecule has 0 radical (unpaired) electrons. The number of amides is 1. The monoisotopic (exact) mass is 157 g/mol. The normalized spacial score (nSPS) is 26.3. The fraction of sp³-hybridized carbons (Fsp3) is 0.714. The molecule has 0 aromatic heterocycles. The van der Waals surface area contributed by atoms with Gasteiger partial charge < -0.3 is 10.4 Å². The summed E-state index contributed by atoms with van der Waals surface area (Å²) in [5.41, 5.74) is 0. The van der Waals surface area contributed by atoms with Crippen LogP contribution in [0.3, 0.4) is 0 Å². The van der Waals surface area contributed by atoms with E-state index in [0.717, 1.165) is 0 Å². The molecule has 0 aliphatic carbocycles. The molecule has 1 saturated heterocycles. The molecule has 0 aromatic carbocycles. The third-order valence-electron chi connectivity index (χ3n) is 2.02. The zero-order valence-corrected chi connectivity index (χ0v) is 6.33. The van der Waals surface area contributed by atoms with Gasteiger partial charge in [0.05, 0.1) is 5.92 Å². The fourth-order valence-corrected chi connectivity index (χ4v) is 1.18. The Hall–Kier alpha value is -1.06. The largest absolute Gasteiger partial charge is 0.481 e. The molecule has 2 N–H and O–H groups in total. The minimum absolute atomic E-state index is 0.0388. The Bertz CT molecular complexity index is 190. The number of carbonyl (C=O) groups excluding carboxylic acids is 1. The highest BCUT2D eigenvalue weighted by Crippen LogP contribution is 2.15. The summed E-state index contributed by atoms with van der Waals surface area (Å²) in [5, 5.41) is 11.2. The molecular weight excluding hydrogens is 146 g/mol. The molecule has 0 bridgehead atoms. The van der Waals surface area contributed by atoms with Crippen molar-refractivity contribution in [3.63, 3.8) is 0 Å². The Kier molecular flexibility index (Phi) is 2.12. The average Bonchev–Trinajstić information content (AvgIpc) is 2.34. The fourth-order valence-electron chi connectivity index (χ4n) is 1.18. The van der Waals surface area contributed by atoms with Crippen LogP contribution >= 0.6 is 0 Å². The van der Waals surface area contributed by atoms with Gasteiger partial charge in [0.15, 0.2) is 0 Å². The molecule has 2 atom stereocenters. The van der Waals surface area contributed by atoms with E-state index in [-0.39, 0.29) is 11.9 Å². The van der Waals surface area contributed by atoms with Crippen LogP contribution in [0.15, 0.2) is 0 Å². The number of nitrogens with one attached hydrogen (secondary N) is 1. The van der Waals surface area contributed by atoms with Crippen LogP contribution in [0.4, 0.5) is 0 Å². The lowest BCUT2D eigenvalue weighted by molar-refractivity contribution is -0.142. The van der Waals surface area contributed by atoms with Crippen LogP contribution in [0.25, 0.3) is 0 Å². The summed E-state index contributed by atoms with van der Waals surface area (Å²) in [7, 11) is 0. The lowest BCUT2D eigenvalue weighted by Crippen LogP contribution is -2.35. The van der Waals surface area contributed by atoms with E-state index in [1.807, 2.05) is 0 Å². The van der Waals surface area contributed by atoms with Crippen LogP contribution in [0.1, 0.15) is 19.8 Å². The van der Waals surface area contributed by atoms with Gasteiger partial charge in [0.1, 0.15) is 0 Å². The minimum Gasteiger partial charge on any atom is -0.481 e. The third-order valence-corrected chi connectivity index (χ3v) is 2.02. The van der Waals surface area contributed by atoms with Gasteiger partial charge in [-0.15, -0.1) is 0 Å². The Morgan fingerprint density at radius 1 is 1.82 bits per heavy atom. The molecule has 1 aliphatic heterocycles. The summed E-state index contributed by atoms with van der Waals surface area (Å²) >= 11 is 0. The molecule has 4 heteroatoms. The number of carbonyl (C=O) groups is 2. The molecule has 0 unspecified atom stereocenters. The smallest absolute Gasteiger partial charge is 0.308 e. The highest BCUT2D eigenvalue weighted by Gasteiger charge is 2.29. The van der Waals surface area contributed by atoms with Gasteiger partial charge in [-0.1, -0.05) is 0 Å². The Morgan fingerprint density at radius 3 is 2.82 bits per heavy atom. The van der Waals surface area contributed by atoms with Crippen LogP contribution in [-0.2, 0) is 9.59 Å². The first-order valence-electron chi connectivity index (χ1n) is 3.63. The van der Waals surface area contributed by atoms with Crippen molar-refractivity contribution in [1.29, 1.82) is 0 Å². The predicted octanol–water partition coefficient (Wildman–Crippen LogP) is -0.0143. The van der Waals surface area contributed by atoms with Crippen molar-refractivity contribution in [1.82, 2.24) is 5.32 Å². The predicted molar refractivity (Wildman–Crippen MR) is 38.0 cm³/mol. The standard InChI is InChI=1S/C7H11NO3/c1-4(7(10)11)5-2-3-6(9)8-5/h4-5H,2-3H2,1H3,(H,8,9)(H,10,11)/t4-,5+/m1/s1. The number of rotatable bonds is 2. The number of hydrogen-bond acceptors (Lipinski definition) is 2. The summed E-state index contributed by atoms with van der Waals surface area (Å²) in [6.07, 6.45) is 1.11. The van der Waals surface area contributed by atoms with Gasteiger partial charge in [-0.3, -0.25) is 9.59 Å². The zero-order chi connectivity index (χ0) is 8.43. The molecule has 0 spiro atoms. The number of carboxylic acids is 1. The van der Waals surface area contributed by atoms with Gasteiger partial charge >= 0.3 is 5.97 Å². The maximum atomic E-state index is 10.7. The van der Waals surface area contributed by atoms with Gasteiger partial charge in [0, 0.05) is 12.5 Å². The summed E-state index contributed by atoms with van der Waals surface area (Å²) in [5.74, 6) is -1.36.